The normalized spacial score (nSPS) is 18.7. The maximum absolute atomic E-state index is 5.33. The van der Waals surface area contributed by atoms with E-state index in [0.717, 1.165) is 13.1 Å². The zero-order chi connectivity index (χ0) is 10.9. The van der Waals surface area contributed by atoms with Gasteiger partial charge in [0.1, 0.15) is 0 Å². The van der Waals surface area contributed by atoms with E-state index in [4.69, 9.17) is 9.47 Å². The molecule has 0 radical (unpaired) electrons. The van der Waals surface area contributed by atoms with Crippen LogP contribution in [0.4, 0.5) is 5.69 Å². The molecule has 0 bridgehead atoms. The molecule has 1 saturated heterocycles. The molecule has 15 heavy (non-hydrogen) atoms. The second-order valence-corrected chi connectivity index (χ2v) is 4.90. The van der Waals surface area contributed by atoms with Gasteiger partial charge in [0.2, 0.25) is 5.79 Å². The molecular weight excluding hydrogens is 305 g/mol. The van der Waals surface area contributed by atoms with Crippen LogP contribution in [0.1, 0.15) is 0 Å². The number of ether oxygens (including phenoxy) is 2. The van der Waals surface area contributed by atoms with Crippen LogP contribution in [0.3, 0.4) is 0 Å². The van der Waals surface area contributed by atoms with Gasteiger partial charge in [-0.3, -0.25) is 0 Å². The van der Waals surface area contributed by atoms with Gasteiger partial charge in [0.25, 0.3) is 0 Å². The molecule has 1 fully saturated rings. The second-order valence-electron chi connectivity index (χ2n) is 3.65. The Kier molecular flexibility index (Phi) is 3.18. The van der Waals surface area contributed by atoms with Crippen molar-refractivity contribution in [1.29, 1.82) is 0 Å². The summed E-state index contributed by atoms with van der Waals surface area (Å²) in [6.07, 6.45) is 0. The molecular formula is C11H14INO2. The van der Waals surface area contributed by atoms with Gasteiger partial charge in [-0.2, -0.15) is 0 Å². The van der Waals surface area contributed by atoms with Gasteiger partial charge in [-0.25, -0.2) is 0 Å². The van der Waals surface area contributed by atoms with E-state index >= 15 is 0 Å². The number of nitrogens with zero attached hydrogens (tertiary/aromatic N) is 1. The molecule has 0 aliphatic carbocycles. The molecule has 0 saturated carbocycles. The zero-order valence-electron chi connectivity index (χ0n) is 8.87. The first-order chi connectivity index (χ1) is 7.19. The van der Waals surface area contributed by atoms with Crippen LogP contribution in [0.5, 0.6) is 0 Å². The van der Waals surface area contributed by atoms with Crippen LogP contribution in [0.2, 0.25) is 0 Å². The van der Waals surface area contributed by atoms with Crippen molar-refractivity contribution in [1.82, 2.24) is 0 Å². The van der Waals surface area contributed by atoms with Crippen molar-refractivity contribution in [2.24, 2.45) is 0 Å². The molecule has 1 aromatic carbocycles. The average molecular weight is 319 g/mol. The first-order valence-corrected chi connectivity index (χ1v) is 5.88. The van der Waals surface area contributed by atoms with Gasteiger partial charge >= 0.3 is 0 Å². The van der Waals surface area contributed by atoms with E-state index in [-0.39, 0.29) is 0 Å². The third-order valence-electron chi connectivity index (χ3n) is 2.80. The second kappa shape index (κ2) is 4.27. The minimum absolute atomic E-state index is 0.400. The lowest BCUT2D eigenvalue weighted by atomic mass is 10.1. The first-order valence-electron chi connectivity index (χ1n) is 4.80. The molecule has 0 N–H and O–H groups in total. The number of hydrogen-bond donors (Lipinski definition) is 0. The standard InChI is InChI=1S/C11H14INO2/c1-14-11(15-2)7-13(8-11)10-5-3-9(12)4-6-10/h3-6H,7-8H2,1-2H3. The van der Waals surface area contributed by atoms with Gasteiger partial charge < -0.3 is 14.4 Å². The summed E-state index contributed by atoms with van der Waals surface area (Å²) in [7, 11) is 3.38. The highest BCUT2D eigenvalue weighted by molar-refractivity contribution is 14.1. The monoisotopic (exact) mass is 319 g/mol. The van der Waals surface area contributed by atoms with E-state index in [1.807, 2.05) is 0 Å². The number of hydrogen-bond acceptors (Lipinski definition) is 3. The van der Waals surface area contributed by atoms with Crippen molar-refractivity contribution in [3.8, 4) is 0 Å². The molecule has 4 heteroatoms. The van der Waals surface area contributed by atoms with Crippen molar-refractivity contribution in [3.63, 3.8) is 0 Å². The van der Waals surface area contributed by atoms with Crippen molar-refractivity contribution in [2.75, 3.05) is 32.2 Å². The molecule has 1 aromatic rings. The van der Waals surface area contributed by atoms with Crippen LogP contribution in [0, 0.1) is 3.57 Å². The Hall–Kier alpha value is -0.330. The molecule has 0 unspecified atom stereocenters. The topological polar surface area (TPSA) is 21.7 Å². The predicted molar refractivity (Wildman–Crippen MR) is 68.1 cm³/mol. The molecule has 0 aromatic heterocycles. The summed E-state index contributed by atoms with van der Waals surface area (Å²) in [4.78, 5) is 2.24. The van der Waals surface area contributed by atoms with Crippen LogP contribution < -0.4 is 4.90 Å². The molecule has 1 aliphatic heterocycles. The van der Waals surface area contributed by atoms with Crippen LogP contribution in [0.15, 0.2) is 24.3 Å². The molecule has 0 spiro atoms. The number of benzene rings is 1. The van der Waals surface area contributed by atoms with E-state index in [1.165, 1.54) is 9.26 Å². The molecule has 1 heterocycles. The Morgan fingerprint density at radius 2 is 1.67 bits per heavy atom. The first kappa shape index (κ1) is 11.2. The predicted octanol–water partition coefficient (Wildman–Crippen LogP) is 2.10. The summed E-state index contributed by atoms with van der Waals surface area (Å²) >= 11 is 2.30. The maximum Gasteiger partial charge on any atom is 0.203 e. The van der Waals surface area contributed by atoms with Gasteiger partial charge in [0.15, 0.2) is 0 Å². The Morgan fingerprint density at radius 3 is 2.13 bits per heavy atom. The lowest BCUT2D eigenvalue weighted by molar-refractivity contribution is -0.219. The smallest absolute Gasteiger partial charge is 0.203 e. The van der Waals surface area contributed by atoms with Crippen molar-refractivity contribution >= 4 is 28.3 Å². The fraction of sp³-hybridized carbons (Fsp3) is 0.455. The van der Waals surface area contributed by atoms with E-state index in [9.17, 15) is 0 Å². The lowest BCUT2D eigenvalue weighted by Gasteiger charge is -2.48. The minimum atomic E-state index is -0.400. The number of halogens is 1. The summed E-state index contributed by atoms with van der Waals surface area (Å²) in [5.74, 6) is -0.400. The number of anilines is 1. The highest BCUT2D eigenvalue weighted by Gasteiger charge is 2.43. The van der Waals surface area contributed by atoms with Gasteiger partial charge in [-0.15, -0.1) is 0 Å². The highest BCUT2D eigenvalue weighted by atomic mass is 127. The van der Waals surface area contributed by atoms with Gasteiger partial charge in [-0.05, 0) is 46.9 Å². The third kappa shape index (κ3) is 2.11. The maximum atomic E-state index is 5.33. The third-order valence-corrected chi connectivity index (χ3v) is 3.52. The van der Waals surface area contributed by atoms with Crippen LogP contribution in [-0.2, 0) is 9.47 Å². The Bertz CT molecular complexity index is 327. The van der Waals surface area contributed by atoms with Crippen LogP contribution in [-0.4, -0.2) is 33.1 Å². The van der Waals surface area contributed by atoms with Crippen molar-refractivity contribution in [2.45, 2.75) is 5.79 Å². The van der Waals surface area contributed by atoms with E-state index in [2.05, 4.69) is 51.8 Å². The Morgan fingerprint density at radius 1 is 1.13 bits per heavy atom. The van der Waals surface area contributed by atoms with Crippen molar-refractivity contribution < 1.29 is 9.47 Å². The fourth-order valence-electron chi connectivity index (χ4n) is 1.71. The van der Waals surface area contributed by atoms with E-state index in [0.29, 0.717) is 0 Å². The molecule has 0 amide bonds. The summed E-state index contributed by atoms with van der Waals surface area (Å²) in [5.41, 5.74) is 1.22. The molecule has 1 aliphatic rings. The zero-order valence-corrected chi connectivity index (χ0v) is 11.0. The largest absolute Gasteiger partial charge is 0.361 e. The highest BCUT2D eigenvalue weighted by Crippen LogP contribution is 2.30. The van der Waals surface area contributed by atoms with Gasteiger partial charge in [-0.1, -0.05) is 0 Å². The quantitative estimate of drug-likeness (QED) is 0.629. The molecule has 0 atom stereocenters. The molecule has 3 nitrogen and oxygen atoms in total. The van der Waals surface area contributed by atoms with E-state index < -0.39 is 5.79 Å². The summed E-state index contributed by atoms with van der Waals surface area (Å²) in [6.45, 7) is 1.58. The Labute approximate surface area is 103 Å². The molecule has 82 valence electrons. The Balaban J connectivity index is 2.02. The lowest BCUT2D eigenvalue weighted by Crippen LogP contribution is -2.64. The SMILES string of the molecule is COC1(OC)CN(c2ccc(I)cc2)C1. The summed E-state index contributed by atoms with van der Waals surface area (Å²) in [6, 6.07) is 8.46. The van der Waals surface area contributed by atoms with Gasteiger partial charge in [0.05, 0.1) is 13.1 Å². The summed E-state index contributed by atoms with van der Waals surface area (Å²) < 4.78 is 11.9. The fourth-order valence-corrected chi connectivity index (χ4v) is 2.07. The van der Waals surface area contributed by atoms with Crippen LogP contribution >= 0.6 is 22.6 Å². The van der Waals surface area contributed by atoms with Gasteiger partial charge in [0, 0.05) is 23.5 Å². The summed E-state index contributed by atoms with van der Waals surface area (Å²) in [5, 5.41) is 0. The van der Waals surface area contributed by atoms with E-state index in [1.54, 1.807) is 14.2 Å². The van der Waals surface area contributed by atoms with Crippen molar-refractivity contribution in [3.05, 3.63) is 27.8 Å². The minimum Gasteiger partial charge on any atom is -0.361 e. The molecule has 2 rings (SSSR count). The number of rotatable bonds is 3. The average Bonchev–Trinajstić information content (AvgIpc) is 2.20. The van der Waals surface area contributed by atoms with Crippen LogP contribution in [0.25, 0.3) is 0 Å². The number of methoxy groups -OCH3 is 2.